The molecule has 0 aromatic heterocycles. The van der Waals surface area contributed by atoms with E-state index in [0.29, 0.717) is 51.5 Å². The predicted molar refractivity (Wildman–Crippen MR) is 154 cm³/mol. The number of amides is 2. The van der Waals surface area contributed by atoms with Crippen LogP contribution in [0.4, 0.5) is 4.79 Å². The molecule has 0 spiro atoms. The molecule has 1 saturated heterocycles. The van der Waals surface area contributed by atoms with Crippen molar-refractivity contribution in [1.29, 1.82) is 0 Å². The third-order valence-electron chi connectivity index (χ3n) is 7.07. The van der Waals surface area contributed by atoms with Crippen molar-refractivity contribution in [2.45, 2.75) is 89.1 Å². The van der Waals surface area contributed by atoms with Gasteiger partial charge in [-0.1, -0.05) is 30.3 Å². The van der Waals surface area contributed by atoms with E-state index in [4.69, 9.17) is 30.3 Å². The third kappa shape index (κ3) is 15.2. The van der Waals surface area contributed by atoms with Gasteiger partial charge in [0.05, 0.1) is 30.0 Å². The second-order valence-corrected chi connectivity index (χ2v) is 10.5. The average Bonchev–Trinajstić information content (AvgIpc) is 3.49. The second-order valence-electron chi connectivity index (χ2n) is 10.5. The SMILES string of the molecule is CC(OC(=O)NCCCCC(NC(CCc1ccccc1)C(=O)O)C(=O)N1CCCC1C(=O)OCCCCON(O)O)ON(O)O. The number of hydrogen-bond donors (Lipinski definition) is 7. The number of carboxylic acid groups (broad SMARTS) is 1. The van der Waals surface area contributed by atoms with Crippen molar-refractivity contribution in [1.82, 2.24) is 26.3 Å². The Morgan fingerprint density at radius 1 is 0.957 bits per heavy atom. The summed E-state index contributed by atoms with van der Waals surface area (Å²) in [4.78, 5) is 60.9. The van der Waals surface area contributed by atoms with Crippen molar-refractivity contribution in [3.63, 3.8) is 0 Å². The highest BCUT2D eigenvalue weighted by atomic mass is 17.1. The summed E-state index contributed by atoms with van der Waals surface area (Å²) < 4.78 is 10.1. The van der Waals surface area contributed by atoms with Crippen LogP contribution in [0.5, 0.6) is 0 Å². The Morgan fingerprint density at radius 2 is 1.67 bits per heavy atom. The van der Waals surface area contributed by atoms with Gasteiger partial charge < -0.3 is 24.8 Å². The predicted octanol–water partition coefficient (Wildman–Crippen LogP) is 1.61. The Labute approximate surface area is 266 Å². The minimum atomic E-state index is -1.28. The van der Waals surface area contributed by atoms with E-state index in [1.807, 2.05) is 30.3 Å². The summed E-state index contributed by atoms with van der Waals surface area (Å²) in [7, 11) is 0. The molecule has 1 aromatic carbocycles. The van der Waals surface area contributed by atoms with Gasteiger partial charge in [-0.2, -0.15) is 0 Å². The Kier molecular flexibility index (Phi) is 18.0. The third-order valence-corrected chi connectivity index (χ3v) is 7.07. The number of carbonyl (C=O) groups is 4. The van der Waals surface area contributed by atoms with Gasteiger partial charge in [-0.15, -0.1) is 0 Å². The van der Waals surface area contributed by atoms with E-state index < -0.39 is 59.1 Å². The lowest BCUT2D eigenvalue weighted by Gasteiger charge is -2.30. The maximum absolute atomic E-state index is 13.8. The highest BCUT2D eigenvalue weighted by Crippen LogP contribution is 2.22. The number of carbonyl (C=O) groups excluding carboxylic acids is 3. The van der Waals surface area contributed by atoms with Gasteiger partial charge in [-0.25, -0.2) is 14.4 Å². The van der Waals surface area contributed by atoms with Gasteiger partial charge in [0.1, 0.15) is 12.1 Å². The van der Waals surface area contributed by atoms with E-state index >= 15 is 0 Å². The molecule has 4 atom stereocenters. The fourth-order valence-corrected chi connectivity index (χ4v) is 4.86. The number of aryl methyl sites for hydroxylation is 1. The molecule has 4 unspecified atom stereocenters. The summed E-state index contributed by atoms with van der Waals surface area (Å²) in [5.74, 6) is -2.13. The second kappa shape index (κ2) is 21.4. The first kappa shape index (κ1) is 38.7. The highest BCUT2D eigenvalue weighted by molar-refractivity contribution is 5.88. The smallest absolute Gasteiger partial charge is 0.409 e. The van der Waals surface area contributed by atoms with E-state index in [1.54, 1.807) is 0 Å². The first-order valence-electron chi connectivity index (χ1n) is 15.1. The fourth-order valence-electron chi connectivity index (χ4n) is 4.86. The summed E-state index contributed by atoms with van der Waals surface area (Å²) in [5.41, 5.74) is 0.945. The van der Waals surface area contributed by atoms with E-state index in [0.717, 1.165) is 5.56 Å². The standard InChI is InChI=1S/C28H45N5O13/c1-20(46-33(41)42)45-28(38)29-16-6-5-12-22(30-23(26(35)36)15-14-21-10-3-2-4-11-21)25(34)31-17-9-13-24(31)27(37)43-18-7-8-19-44-32(39)40/h2-4,10-11,20,22-24,30,39-42H,5-9,12-19H2,1H3,(H,29,38)(H,35,36). The molecule has 2 amide bonds. The molecular weight excluding hydrogens is 614 g/mol. The number of unbranched alkanes of at least 4 members (excludes halogenated alkanes) is 2. The lowest BCUT2D eigenvalue weighted by Crippen LogP contribution is -2.54. The number of esters is 1. The normalized spacial score (nSPS) is 16.7. The molecule has 7 N–H and O–H groups in total. The molecule has 1 heterocycles. The van der Waals surface area contributed by atoms with E-state index in [1.165, 1.54) is 11.8 Å². The van der Waals surface area contributed by atoms with Gasteiger partial charge in [-0.3, -0.25) is 40.6 Å². The van der Waals surface area contributed by atoms with Crippen LogP contribution in [0.2, 0.25) is 0 Å². The van der Waals surface area contributed by atoms with E-state index in [-0.39, 0.29) is 32.6 Å². The van der Waals surface area contributed by atoms with Gasteiger partial charge in [0.15, 0.2) is 0 Å². The van der Waals surface area contributed by atoms with Gasteiger partial charge in [0, 0.05) is 20.0 Å². The van der Waals surface area contributed by atoms with Gasteiger partial charge >= 0.3 is 18.0 Å². The van der Waals surface area contributed by atoms with Crippen molar-refractivity contribution < 1.29 is 64.3 Å². The van der Waals surface area contributed by atoms with Crippen LogP contribution in [0, 0.1) is 0 Å². The minimum absolute atomic E-state index is 0.00261. The maximum Gasteiger partial charge on any atom is 0.409 e. The molecule has 0 saturated carbocycles. The quantitative estimate of drug-likeness (QED) is 0.0405. The number of benzene rings is 1. The lowest BCUT2D eigenvalue weighted by atomic mass is 10.0. The van der Waals surface area contributed by atoms with Crippen molar-refractivity contribution >= 4 is 23.9 Å². The first-order chi connectivity index (χ1) is 22.0. The summed E-state index contributed by atoms with van der Waals surface area (Å²) in [6, 6.07) is 6.52. The Balaban J connectivity index is 2.00. The van der Waals surface area contributed by atoms with Crippen LogP contribution in [-0.2, 0) is 40.0 Å². The largest absolute Gasteiger partial charge is 0.480 e. The van der Waals surface area contributed by atoms with Gasteiger partial charge in [0.25, 0.3) is 0 Å². The molecule has 46 heavy (non-hydrogen) atoms. The monoisotopic (exact) mass is 659 g/mol. The molecule has 1 aromatic rings. The Hall–Kier alpha value is -3.46. The van der Waals surface area contributed by atoms with Crippen LogP contribution < -0.4 is 10.6 Å². The molecule has 260 valence electrons. The molecular formula is C28H45N5O13. The molecule has 0 bridgehead atoms. The summed E-state index contributed by atoms with van der Waals surface area (Å²) >= 11 is 0. The molecule has 2 rings (SSSR count). The van der Waals surface area contributed by atoms with Crippen molar-refractivity contribution in [2.75, 3.05) is 26.3 Å². The first-order valence-corrected chi connectivity index (χ1v) is 15.1. The lowest BCUT2D eigenvalue weighted by molar-refractivity contribution is -0.518. The van der Waals surface area contributed by atoms with Crippen LogP contribution in [0.25, 0.3) is 0 Å². The molecule has 1 aliphatic rings. The van der Waals surface area contributed by atoms with Crippen LogP contribution in [0.3, 0.4) is 0 Å². The molecule has 1 aliphatic heterocycles. The van der Waals surface area contributed by atoms with E-state index in [2.05, 4.69) is 20.3 Å². The highest BCUT2D eigenvalue weighted by Gasteiger charge is 2.39. The summed E-state index contributed by atoms with van der Waals surface area (Å²) in [6.45, 7) is 1.73. The van der Waals surface area contributed by atoms with Crippen molar-refractivity contribution in [2.24, 2.45) is 0 Å². The zero-order valence-corrected chi connectivity index (χ0v) is 25.7. The van der Waals surface area contributed by atoms with Crippen LogP contribution >= 0.6 is 0 Å². The summed E-state index contributed by atoms with van der Waals surface area (Å²) in [6.07, 6.45) is 1.24. The zero-order valence-electron chi connectivity index (χ0n) is 25.7. The number of nitrogens with one attached hydrogen (secondary N) is 2. The minimum Gasteiger partial charge on any atom is -0.480 e. The van der Waals surface area contributed by atoms with Crippen LogP contribution in [0.15, 0.2) is 30.3 Å². The van der Waals surface area contributed by atoms with Crippen LogP contribution in [-0.4, -0.2) is 116 Å². The van der Waals surface area contributed by atoms with Gasteiger partial charge in [-0.05, 0) is 63.4 Å². The Bertz CT molecular complexity index is 1070. The number of likely N-dealkylation sites (tertiary alicyclic amines) is 1. The summed E-state index contributed by atoms with van der Waals surface area (Å²) in [5, 5.41) is 48.8. The van der Waals surface area contributed by atoms with Gasteiger partial charge in [0.2, 0.25) is 12.2 Å². The number of carboxylic acids is 1. The number of alkyl carbamates (subject to hydrolysis) is 1. The number of ether oxygens (including phenoxy) is 2. The van der Waals surface area contributed by atoms with Crippen molar-refractivity contribution in [3.8, 4) is 0 Å². The number of aliphatic carboxylic acids is 1. The molecule has 0 radical (unpaired) electrons. The zero-order chi connectivity index (χ0) is 33.9. The fraction of sp³-hybridized carbons (Fsp3) is 0.643. The molecule has 18 heteroatoms. The topological polar surface area (TPSA) is 240 Å². The Morgan fingerprint density at radius 3 is 2.35 bits per heavy atom. The average molecular weight is 660 g/mol. The molecule has 18 nitrogen and oxygen atoms in total. The number of nitrogens with zero attached hydrogens (tertiary/aromatic N) is 3. The molecule has 0 aliphatic carbocycles. The van der Waals surface area contributed by atoms with Crippen LogP contribution in [0.1, 0.15) is 63.9 Å². The van der Waals surface area contributed by atoms with Crippen molar-refractivity contribution in [3.05, 3.63) is 35.9 Å². The number of rotatable bonds is 22. The maximum atomic E-state index is 13.8. The van der Waals surface area contributed by atoms with E-state index in [9.17, 15) is 24.3 Å². The molecule has 1 fully saturated rings. The number of hydrogen-bond acceptors (Lipinski definition) is 15.